The number of rotatable bonds is 6. The second-order valence-corrected chi connectivity index (χ2v) is 6.62. The number of benzene rings is 1. The summed E-state index contributed by atoms with van der Waals surface area (Å²) in [7, 11) is 0. The van der Waals surface area contributed by atoms with Crippen LogP contribution in [0.5, 0.6) is 0 Å². The number of ether oxygens (including phenoxy) is 1. The molecular formula is C19H26N2O2S. The molecule has 0 aliphatic carbocycles. The summed E-state index contributed by atoms with van der Waals surface area (Å²) in [6.07, 6.45) is 1.68. The van der Waals surface area contributed by atoms with E-state index in [2.05, 4.69) is 55.7 Å². The highest BCUT2D eigenvalue weighted by Gasteiger charge is 2.31. The van der Waals surface area contributed by atoms with Gasteiger partial charge in [-0.1, -0.05) is 51.5 Å². The fraction of sp³-hybridized carbons (Fsp3) is 0.474. The lowest BCUT2D eigenvalue weighted by Crippen LogP contribution is -2.45. The van der Waals surface area contributed by atoms with Crippen LogP contribution in [0.15, 0.2) is 35.5 Å². The molecule has 0 spiro atoms. The monoisotopic (exact) mass is 346 g/mol. The van der Waals surface area contributed by atoms with E-state index < -0.39 is 0 Å². The number of hydrogen-bond donors (Lipinski definition) is 2. The normalized spacial score (nSPS) is 17.5. The first-order valence-electron chi connectivity index (χ1n) is 8.55. The Labute approximate surface area is 149 Å². The van der Waals surface area contributed by atoms with Crippen LogP contribution in [0.3, 0.4) is 0 Å². The van der Waals surface area contributed by atoms with Crippen molar-refractivity contribution in [2.75, 3.05) is 6.61 Å². The molecule has 0 aromatic heterocycles. The number of hydrogen-bond acceptors (Lipinski definition) is 3. The van der Waals surface area contributed by atoms with Crippen molar-refractivity contribution in [2.45, 2.75) is 52.5 Å². The van der Waals surface area contributed by atoms with Crippen molar-refractivity contribution in [3.05, 3.63) is 46.7 Å². The molecule has 0 saturated carbocycles. The zero-order valence-corrected chi connectivity index (χ0v) is 15.6. The van der Waals surface area contributed by atoms with E-state index in [4.69, 9.17) is 17.0 Å². The Kier molecular flexibility index (Phi) is 6.37. The summed E-state index contributed by atoms with van der Waals surface area (Å²) in [6, 6.07) is 8.05. The van der Waals surface area contributed by atoms with Gasteiger partial charge in [-0.05, 0) is 42.6 Å². The molecule has 1 heterocycles. The number of thiocarbonyl (C=S) groups is 1. The molecule has 5 heteroatoms. The lowest BCUT2D eigenvalue weighted by Gasteiger charge is -2.31. The molecular weight excluding hydrogens is 320 g/mol. The topological polar surface area (TPSA) is 50.4 Å². The van der Waals surface area contributed by atoms with Crippen LogP contribution < -0.4 is 10.6 Å². The fourth-order valence-corrected chi connectivity index (χ4v) is 3.08. The van der Waals surface area contributed by atoms with Crippen LogP contribution in [0.4, 0.5) is 0 Å². The number of carbonyl (C=O) groups is 1. The number of esters is 1. The van der Waals surface area contributed by atoms with Crippen molar-refractivity contribution < 1.29 is 9.53 Å². The van der Waals surface area contributed by atoms with E-state index >= 15 is 0 Å². The largest absolute Gasteiger partial charge is 0.463 e. The standard InChI is InChI=1S/C19H26N2O2S/c1-5-7-15-16(18(22)23-6-2)17(21-19(24)20-15)14-10-8-13(9-11-14)12(3)4/h8-12,17H,5-7H2,1-4H3,(H2,20,21,24). The molecule has 0 bridgehead atoms. The molecule has 0 amide bonds. The van der Waals surface area contributed by atoms with E-state index in [1.165, 1.54) is 5.56 Å². The molecule has 2 rings (SSSR count). The summed E-state index contributed by atoms with van der Waals surface area (Å²) in [6.45, 7) is 8.57. The van der Waals surface area contributed by atoms with Gasteiger partial charge in [-0.25, -0.2) is 4.79 Å². The lowest BCUT2D eigenvalue weighted by atomic mass is 9.92. The summed E-state index contributed by atoms with van der Waals surface area (Å²) in [5.41, 5.74) is 3.77. The molecule has 0 fully saturated rings. The van der Waals surface area contributed by atoms with Gasteiger partial charge in [0.15, 0.2) is 5.11 Å². The number of nitrogens with one attached hydrogen (secondary N) is 2. The maximum Gasteiger partial charge on any atom is 0.338 e. The minimum atomic E-state index is -0.290. The van der Waals surface area contributed by atoms with Gasteiger partial charge in [-0.15, -0.1) is 0 Å². The summed E-state index contributed by atoms with van der Waals surface area (Å²) in [5.74, 6) is 0.179. The first-order valence-corrected chi connectivity index (χ1v) is 8.96. The molecule has 1 atom stereocenters. The number of carbonyl (C=O) groups excluding carboxylic acids is 1. The Morgan fingerprint density at radius 1 is 1.25 bits per heavy atom. The van der Waals surface area contributed by atoms with Gasteiger partial charge in [0, 0.05) is 5.70 Å². The van der Waals surface area contributed by atoms with Crippen molar-refractivity contribution in [1.29, 1.82) is 0 Å². The second-order valence-electron chi connectivity index (χ2n) is 6.22. The highest BCUT2D eigenvalue weighted by molar-refractivity contribution is 7.80. The molecule has 4 nitrogen and oxygen atoms in total. The molecule has 1 aromatic carbocycles. The van der Waals surface area contributed by atoms with Gasteiger partial charge < -0.3 is 15.4 Å². The molecule has 130 valence electrons. The Morgan fingerprint density at radius 3 is 2.46 bits per heavy atom. The fourth-order valence-electron chi connectivity index (χ4n) is 2.84. The summed E-state index contributed by atoms with van der Waals surface area (Å²) in [4.78, 5) is 12.5. The molecule has 24 heavy (non-hydrogen) atoms. The zero-order chi connectivity index (χ0) is 17.7. The van der Waals surface area contributed by atoms with Crippen LogP contribution in [0.25, 0.3) is 0 Å². The Bertz CT molecular complexity index is 635. The molecule has 1 aliphatic heterocycles. The molecule has 2 N–H and O–H groups in total. The summed E-state index contributed by atoms with van der Waals surface area (Å²) >= 11 is 5.34. The first-order chi connectivity index (χ1) is 11.5. The van der Waals surface area contributed by atoms with E-state index in [1.54, 1.807) is 0 Å². The maximum absolute atomic E-state index is 12.5. The highest BCUT2D eigenvalue weighted by atomic mass is 32.1. The van der Waals surface area contributed by atoms with Crippen LogP contribution in [-0.2, 0) is 9.53 Å². The first kappa shape index (κ1) is 18.5. The molecule has 1 aromatic rings. The van der Waals surface area contributed by atoms with E-state index in [1.807, 2.05) is 6.92 Å². The summed E-state index contributed by atoms with van der Waals surface area (Å²) in [5, 5.41) is 6.90. The van der Waals surface area contributed by atoms with Crippen molar-refractivity contribution in [3.63, 3.8) is 0 Å². The predicted molar refractivity (Wildman–Crippen MR) is 101 cm³/mol. The van der Waals surface area contributed by atoms with Crippen LogP contribution in [-0.4, -0.2) is 17.7 Å². The van der Waals surface area contributed by atoms with Gasteiger partial charge in [0.05, 0.1) is 18.2 Å². The van der Waals surface area contributed by atoms with Gasteiger partial charge in [-0.3, -0.25) is 0 Å². The Balaban J connectivity index is 2.44. The van der Waals surface area contributed by atoms with Gasteiger partial charge in [0.2, 0.25) is 0 Å². The van der Waals surface area contributed by atoms with Gasteiger partial charge in [-0.2, -0.15) is 0 Å². The van der Waals surface area contributed by atoms with E-state index in [0.29, 0.717) is 23.2 Å². The Hall–Kier alpha value is -1.88. The SMILES string of the molecule is CCCC1=C(C(=O)OCC)C(c2ccc(C(C)C)cc2)NC(=S)N1. The van der Waals surface area contributed by atoms with Crippen LogP contribution in [0.2, 0.25) is 0 Å². The minimum Gasteiger partial charge on any atom is -0.463 e. The van der Waals surface area contributed by atoms with Crippen molar-refractivity contribution in [1.82, 2.24) is 10.6 Å². The molecule has 1 unspecified atom stereocenters. The van der Waals surface area contributed by atoms with Crippen molar-refractivity contribution in [2.24, 2.45) is 0 Å². The quantitative estimate of drug-likeness (QED) is 0.603. The molecule has 1 aliphatic rings. The zero-order valence-electron chi connectivity index (χ0n) is 14.8. The van der Waals surface area contributed by atoms with Gasteiger partial charge >= 0.3 is 5.97 Å². The minimum absolute atomic E-state index is 0.277. The summed E-state index contributed by atoms with van der Waals surface area (Å²) < 4.78 is 5.29. The number of allylic oxidation sites excluding steroid dienone is 1. The average Bonchev–Trinajstić information content (AvgIpc) is 2.55. The molecule has 0 saturated heterocycles. The van der Waals surface area contributed by atoms with E-state index in [-0.39, 0.29) is 12.0 Å². The van der Waals surface area contributed by atoms with Crippen LogP contribution in [0, 0.1) is 0 Å². The molecule has 0 radical (unpaired) electrons. The third kappa shape index (κ3) is 4.15. The van der Waals surface area contributed by atoms with Crippen molar-refractivity contribution >= 4 is 23.3 Å². The second kappa shape index (κ2) is 8.29. The highest BCUT2D eigenvalue weighted by Crippen LogP contribution is 2.30. The predicted octanol–water partition coefficient (Wildman–Crippen LogP) is 3.95. The van der Waals surface area contributed by atoms with Gasteiger partial charge in [0.1, 0.15) is 0 Å². The van der Waals surface area contributed by atoms with E-state index in [9.17, 15) is 4.79 Å². The van der Waals surface area contributed by atoms with Crippen LogP contribution >= 0.6 is 12.2 Å². The van der Waals surface area contributed by atoms with Crippen molar-refractivity contribution in [3.8, 4) is 0 Å². The average molecular weight is 346 g/mol. The maximum atomic E-state index is 12.5. The lowest BCUT2D eigenvalue weighted by molar-refractivity contribution is -0.139. The third-order valence-electron chi connectivity index (χ3n) is 4.09. The van der Waals surface area contributed by atoms with Crippen LogP contribution in [0.1, 0.15) is 63.6 Å². The Morgan fingerprint density at radius 2 is 1.92 bits per heavy atom. The van der Waals surface area contributed by atoms with E-state index in [0.717, 1.165) is 24.1 Å². The van der Waals surface area contributed by atoms with Gasteiger partial charge in [0.25, 0.3) is 0 Å². The smallest absolute Gasteiger partial charge is 0.338 e. The third-order valence-corrected chi connectivity index (χ3v) is 4.31.